The minimum atomic E-state index is -0.334. The molecular weight excluding hydrogens is 430 g/mol. The normalized spacial score (nSPS) is 20.7. The highest BCUT2D eigenvalue weighted by molar-refractivity contribution is 6.00. The van der Waals surface area contributed by atoms with Gasteiger partial charge in [0.2, 0.25) is 5.89 Å². The fraction of sp³-hybridized carbons (Fsp3) is 0.385. The van der Waals surface area contributed by atoms with E-state index in [-0.39, 0.29) is 17.9 Å². The van der Waals surface area contributed by atoms with Crippen LogP contribution in [-0.4, -0.2) is 65.4 Å². The average Bonchev–Trinajstić information content (AvgIpc) is 3.53. The first-order chi connectivity index (χ1) is 16.6. The van der Waals surface area contributed by atoms with Crippen LogP contribution in [0.2, 0.25) is 0 Å². The summed E-state index contributed by atoms with van der Waals surface area (Å²) in [7, 11) is 3.64. The van der Waals surface area contributed by atoms with Gasteiger partial charge in [0.15, 0.2) is 5.82 Å². The molecule has 176 valence electrons. The Bertz CT molecular complexity index is 1150. The minimum absolute atomic E-state index is 0.0865. The zero-order chi connectivity index (χ0) is 23.5. The molecule has 34 heavy (non-hydrogen) atoms. The predicted octanol–water partition coefficient (Wildman–Crippen LogP) is 4.14. The average molecular weight is 460 g/mol. The van der Waals surface area contributed by atoms with Gasteiger partial charge in [0.25, 0.3) is 5.91 Å². The van der Waals surface area contributed by atoms with Crippen LogP contribution in [0.15, 0.2) is 64.3 Å². The highest BCUT2D eigenvalue weighted by Crippen LogP contribution is 2.33. The fourth-order valence-corrected chi connectivity index (χ4v) is 4.75. The van der Waals surface area contributed by atoms with Crippen molar-refractivity contribution in [3.8, 4) is 11.1 Å². The Kier molecular flexibility index (Phi) is 6.40. The molecule has 0 radical (unpaired) electrons. The Morgan fingerprint density at radius 1 is 1.06 bits per heavy atom. The number of aromatic nitrogens is 2. The summed E-state index contributed by atoms with van der Waals surface area (Å²) in [4.78, 5) is 27.3. The Morgan fingerprint density at radius 3 is 2.47 bits per heavy atom. The van der Waals surface area contributed by atoms with Crippen LogP contribution in [0, 0.1) is 0 Å². The number of piperidine rings is 1. The van der Waals surface area contributed by atoms with Crippen LogP contribution >= 0.6 is 0 Å². The summed E-state index contributed by atoms with van der Waals surface area (Å²) in [5, 5.41) is 8.39. The zero-order valence-corrected chi connectivity index (χ0v) is 19.6. The lowest BCUT2D eigenvalue weighted by Crippen LogP contribution is -2.32. The van der Waals surface area contributed by atoms with Crippen molar-refractivity contribution in [3.05, 3.63) is 71.9 Å². The molecule has 8 heteroatoms. The zero-order valence-electron chi connectivity index (χ0n) is 19.6. The predicted molar refractivity (Wildman–Crippen MR) is 128 cm³/mol. The first kappa shape index (κ1) is 22.3. The van der Waals surface area contributed by atoms with Crippen molar-refractivity contribution in [1.29, 1.82) is 0 Å². The van der Waals surface area contributed by atoms with Crippen LogP contribution in [0.25, 0.3) is 11.1 Å². The topological polar surface area (TPSA) is 84.1 Å². The number of rotatable bonds is 5. The van der Waals surface area contributed by atoms with Crippen molar-refractivity contribution < 1.29 is 14.2 Å². The van der Waals surface area contributed by atoms with E-state index in [0.29, 0.717) is 30.2 Å². The molecule has 3 aromatic rings. The maximum Gasteiger partial charge on any atom is 0.254 e. The molecule has 1 aromatic heterocycles. The van der Waals surface area contributed by atoms with Gasteiger partial charge in [-0.3, -0.25) is 4.79 Å². The lowest BCUT2D eigenvalue weighted by atomic mass is 9.97. The second kappa shape index (κ2) is 9.77. The first-order valence-electron chi connectivity index (χ1n) is 11.7. The largest absolute Gasteiger partial charge is 0.399 e. The van der Waals surface area contributed by atoms with Gasteiger partial charge >= 0.3 is 0 Å². The molecule has 0 aliphatic carbocycles. The molecule has 8 nitrogen and oxygen atoms in total. The number of carbonyl (C=O) groups excluding carboxylic acids is 1. The summed E-state index contributed by atoms with van der Waals surface area (Å²) in [6.07, 6.45) is 2.51. The standard InChI is InChI=1S/C26H29N5O3/c1-30-14-12-20(13-15-30)25-27-24(29-34-25)23-16-22(28-33-2)17-31(23)26(32)21-10-8-19(9-11-21)18-6-4-3-5-7-18/h3-11,20,23H,12-17H2,1-2H3/b28-22+. The highest BCUT2D eigenvalue weighted by atomic mass is 16.6. The van der Waals surface area contributed by atoms with E-state index in [4.69, 9.17) is 14.3 Å². The maximum atomic E-state index is 13.5. The number of amides is 1. The van der Waals surface area contributed by atoms with Crippen molar-refractivity contribution in [2.75, 3.05) is 33.8 Å². The van der Waals surface area contributed by atoms with Crippen molar-refractivity contribution in [2.24, 2.45) is 5.16 Å². The second-order valence-electron chi connectivity index (χ2n) is 9.00. The summed E-state index contributed by atoms with van der Waals surface area (Å²) >= 11 is 0. The van der Waals surface area contributed by atoms with Gasteiger partial charge in [-0.25, -0.2) is 0 Å². The van der Waals surface area contributed by atoms with Gasteiger partial charge in [-0.05, 0) is 56.2 Å². The molecule has 2 aliphatic heterocycles. The summed E-state index contributed by atoms with van der Waals surface area (Å²) in [6, 6.07) is 17.5. The van der Waals surface area contributed by atoms with Gasteiger partial charge < -0.3 is 19.2 Å². The second-order valence-corrected chi connectivity index (χ2v) is 9.00. The summed E-state index contributed by atoms with van der Waals surface area (Å²) in [5.74, 6) is 1.38. The molecule has 0 saturated carbocycles. The Balaban J connectivity index is 1.37. The molecule has 1 unspecified atom stereocenters. The molecule has 2 aliphatic rings. The molecule has 3 heterocycles. The molecule has 1 amide bonds. The van der Waals surface area contributed by atoms with Gasteiger partial charge in [0.1, 0.15) is 13.2 Å². The molecule has 2 fully saturated rings. The van der Waals surface area contributed by atoms with Gasteiger partial charge in [0, 0.05) is 17.9 Å². The summed E-state index contributed by atoms with van der Waals surface area (Å²) < 4.78 is 5.66. The van der Waals surface area contributed by atoms with Crippen molar-refractivity contribution >= 4 is 11.6 Å². The molecule has 2 saturated heterocycles. The van der Waals surface area contributed by atoms with Crippen molar-refractivity contribution in [2.45, 2.75) is 31.2 Å². The van der Waals surface area contributed by atoms with Gasteiger partial charge in [0.05, 0.1) is 12.3 Å². The van der Waals surface area contributed by atoms with Crippen molar-refractivity contribution in [1.82, 2.24) is 19.9 Å². The Labute approximate surface area is 199 Å². The van der Waals surface area contributed by atoms with Gasteiger partial charge in [-0.15, -0.1) is 0 Å². The van der Waals surface area contributed by atoms with Gasteiger partial charge in [-0.1, -0.05) is 52.8 Å². The maximum absolute atomic E-state index is 13.5. The first-order valence-corrected chi connectivity index (χ1v) is 11.7. The van der Waals surface area contributed by atoms with E-state index in [1.165, 1.54) is 7.11 Å². The van der Waals surface area contributed by atoms with Crippen LogP contribution in [0.3, 0.4) is 0 Å². The fourth-order valence-electron chi connectivity index (χ4n) is 4.75. The number of benzene rings is 2. The number of oxime groups is 1. The highest BCUT2D eigenvalue weighted by Gasteiger charge is 2.38. The summed E-state index contributed by atoms with van der Waals surface area (Å²) in [5.41, 5.74) is 3.58. The smallest absolute Gasteiger partial charge is 0.254 e. The third-order valence-electron chi connectivity index (χ3n) is 6.70. The van der Waals surface area contributed by atoms with Gasteiger partial charge in [-0.2, -0.15) is 4.98 Å². The molecule has 2 aromatic carbocycles. The van der Waals surface area contributed by atoms with E-state index in [1.807, 2.05) is 42.5 Å². The number of carbonyl (C=O) groups is 1. The molecule has 1 atom stereocenters. The van der Waals surface area contributed by atoms with Crippen molar-refractivity contribution in [3.63, 3.8) is 0 Å². The Hall–Kier alpha value is -3.52. The van der Waals surface area contributed by atoms with E-state index in [9.17, 15) is 4.79 Å². The lowest BCUT2D eigenvalue weighted by molar-refractivity contribution is 0.0732. The third-order valence-corrected chi connectivity index (χ3v) is 6.70. The lowest BCUT2D eigenvalue weighted by Gasteiger charge is -2.26. The number of likely N-dealkylation sites (tertiary alicyclic amines) is 2. The van der Waals surface area contributed by atoms with E-state index in [0.717, 1.165) is 42.8 Å². The van der Waals surface area contributed by atoms with E-state index in [1.54, 1.807) is 4.90 Å². The van der Waals surface area contributed by atoms with Crippen LogP contribution in [0.5, 0.6) is 0 Å². The van der Waals surface area contributed by atoms with Crippen LogP contribution in [-0.2, 0) is 4.84 Å². The molecule has 5 rings (SSSR count). The van der Waals surface area contributed by atoms with Crippen LogP contribution in [0.1, 0.15) is 53.3 Å². The number of hydrogen-bond acceptors (Lipinski definition) is 7. The van der Waals surface area contributed by atoms with Crippen LogP contribution < -0.4 is 0 Å². The van der Waals surface area contributed by atoms with E-state index >= 15 is 0 Å². The van der Waals surface area contributed by atoms with E-state index in [2.05, 4.69) is 34.4 Å². The Morgan fingerprint density at radius 2 is 1.76 bits per heavy atom. The molecule has 0 spiro atoms. The number of hydrogen-bond donors (Lipinski definition) is 0. The third kappa shape index (κ3) is 4.59. The molecule has 0 bridgehead atoms. The quantitative estimate of drug-likeness (QED) is 0.534. The minimum Gasteiger partial charge on any atom is -0.399 e. The summed E-state index contributed by atoms with van der Waals surface area (Å²) in [6.45, 7) is 2.40. The van der Waals surface area contributed by atoms with E-state index < -0.39 is 0 Å². The van der Waals surface area contributed by atoms with Crippen LogP contribution in [0.4, 0.5) is 0 Å². The monoisotopic (exact) mass is 459 g/mol. The molecular formula is C26H29N5O3. The number of nitrogens with zero attached hydrogens (tertiary/aromatic N) is 5. The SMILES string of the molecule is CO/N=C1\CC(c2noc(C3CCN(C)CC3)n2)N(C(=O)c2ccc(-c3ccccc3)cc2)C1. The molecule has 0 N–H and O–H groups in total.